The maximum Gasteiger partial charge on any atom is 0.205 e. The van der Waals surface area contributed by atoms with Crippen LogP contribution in [0.2, 0.25) is 0 Å². The number of halogens is 2. The fraction of sp³-hybridized carbons (Fsp3) is 0.188. The van der Waals surface area contributed by atoms with Crippen molar-refractivity contribution in [3.63, 3.8) is 0 Å². The van der Waals surface area contributed by atoms with E-state index in [2.05, 4.69) is 6.07 Å². The maximum absolute atomic E-state index is 13.6. The Labute approximate surface area is 135 Å². The number of rotatable bonds is 3. The molecule has 0 aliphatic carbocycles. The first kappa shape index (κ1) is 16.6. The second-order valence-electron chi connectivity index (χ2n) is 4.47. The van der Waals surface area contributed by atoms with Crippen LogP contribution in [0.5, 0.6) is 5.75 Å². The second kappa shape index (κ2) is 7.38. The Morgan fingerprint density at radius 2 is 1.90 bits per heavy atom. The molecule has 0 aliphatic rings. The number of hydrogen-bond donors (Lipinski definition) is 0. The van der Waals surface area contributed by atoms with Crippen LogP contribution in [0, 0.1) is 12.7 Å². The van der Waals surface area contributed by atoms with Crippen molar-refractivity contribution in [2.75, 3.05) is 7.11 Å². The SMILES string of the molecule is COc1ccc(/C=C/c2cc(C)cc[n+]2C)cc1F.[I-]. The van der Waals surface area contributed by atoms with Gasteiger partial charge in [0.2, 0.25) is 5.69 Å². The third-order valence-corrected chi connectivity index (χ3v) is 2.97. The summed E-state index contributed by atoms with van der Waals surface area (Å²) in [5, 5.41) is 0. The van der Waals surface area contributed by atoms with E-state index >= 15 is 0 Å². The molecule has 1 heterocycles. The number of aryl methyl sites for hydroxylation is 2. The van der Waals surface area contributed by atoms with E-state index < -0.39 is 0 Å². The minimum Gasteiger partial charge on any atom is -1.00 e. The number of hydrogen-bond acceptors (Lipinski definition) is 1. The molecule has 0 fully saturated rings. The van der Waals surface area contributed by atoms with Crippen LogP contribution >= 0.6 is 0 Å². The Hall–Kier alpha value is -1.43. The zero-order chi connectivity index (χ0) is 13.8. The molecule has 1 aromatic carbocycles. The minimum absolute atomic E-state index is 0. The molecule has 4 heteroatoms. The highest BCUT2D eigenvalue weighted by molar-refractivity contribution is 5.67. The van der Waals surface area contributed by atoms with E-state index in [-0.39, 0.29) is 35.5 Å². The molecular formula is C16H17FINO. The highest BCUT2D eigenvalue weighted by atomic mass is 127. The molecule has 0 amide bonds. The van der Waals surface area contributed by atoms with E-state index in [9.17, 15) is 4.39 Å². The first-order valence-electron chi connectivity index (χ1n) is 6.08. The van der Waals surface area contributed by atoms with Gasteiger partial charge in [-0.05, 0) is 36.3 Å². The van der Waals surface area contributed by atoms with Crippen molar-refractivity contribution in [2.45, 2.75) is 6.92 Å². The molecule has 0 spiro atoms. The van der Waals surface area contributed by atoms with Gasteiger partial charge in [0.25, 0.3) is 0 Å². The fourth-order valence-electron chi connectivity index (χ4n) is 1.83. The summed E-state index contributed by atoms with van der Waals surface area (Å²) in [7, 11) is 3.44. The van der Waals surface area contributed by atoms with Gasteiger partial charge < -0.3 is 28.7 Å². The van der Waals surface area contributed by atoms with Crippen molar-refractivity contribution in [1.29, 1.82) is 0 Å². The molecule has 0 saturated carbocycles. The summed E-state index contributed by atoms with van der Waals surface area (Å²) in [6.45, 7) is 2.05. The molecule has 106 valence electrons. The molecular weight excluding hydrogens is 368 g/mol. The summed E-state index contributed by atoms with van der Waals surface area (Å²) in [6, 6.07) is 9.05. The van der Waals surface area contributed by atoms with Crippen molar-refractivity contribution < 1.29 is 37.7 Å². The largest absolute Gasteiger partial charge is 1.00 e. The number of aromatic nitrogens is 1. The lowest BCUT2D eigenvalue weighted by molar-refractivity contribution is -0.673. The van der Waals surface area contributed by atoms with E-state index in [1.807, 2.05) is 49.0 Å². The lowest BCUT2D eigenvalue weighted by Gasteiger charge is -2.01. The molecule has 0 N–H and O–H groups in total. The van der Waals surface area contributed by atoms with Gasteiger partial charge in [-0.2, -0.15) is 0 Å². The van der Waals surface area contributed by atoms with Gasteiger partial charge in [0, 0.05) is 18.2 Å². The second-order valence-corrected chi connectivity index (χ2v) is 4.47. The van der Waals surface area contributed by atoms with E-state index in [1.54, 1.807) is 6.07 Å². The molecule has 20 heavy (non-hydrogen) atoms. The number of benzene rings is 1. The topological polar surface area (TPSA) is 13.1 Å². The van der Waals surface area contributed by atoms with Gasteiger partial charge in [-0.25, -0.2) is 8.96 Å². The van der Waals surface area contributed by atoms with Crippen molar-refractivity contribution in [1.82, 2.24) is 0 Å². The average molecular weight is 385 g/mol. The van der Waals surface area contributed by atoms with Gasteiger partial charge in [0.05, 0.1) is 7.11 Å². The van der Waals surface area contributed by atoms with E-state index in [4.69, 9.17) is 4.74 Å². The van der Waals surface area contributed by atoms with Crippen LogP contribution in [-0.2, 0) is 7.05 Å². The molecule has 0 saturated heterocycles. The fourth-order valence-corrected chi connectivity index (χ4v) is 1.83. The van der Waals surface area contributed by atoms with Crippen LogP contribution in [0.1, 0.15) is 16.8 Å². The summed E-state index contributed by atoms with van der Waals surface area (Å²) in [4.78, 5) is 0. The molecule has 0 radical (unpaired) electrons. The van der Waals surface area contributed by atoms with Gasteiger partial charge >= 0.3 is 0 Å². The molecule has 2 rings (SSSR count). The van der Waals surface area contributed by atoms with Crippen molar-refractivity contribution >= 4 is 12.2 Å². The molecule has 0 bridgehead atoms. The van der Waals surface area contributed by atoms with Crippen molar-refractivity contribution in [3.05, 3.63) is 59.2 Å². The van der Waals surface area contributed by atoms with Gasteiger partial charge in [0.15, 0.2) is 17.8 Å². The Balaban J connectivity index is 0.00000200. The van der Waals surface area contributed by atoms with Gasteiger partial charge in [0.1, 0.15) is 7.05 Å². The number of ether oxygens (including phenoxy) is 1. The van der Waals surface area contributed by atoms with E-state index in [0.29, 0.717) is 0 Å². The molecule has 2 aromatic rings. The molecule has 0 atom stereocenters. The van der Waals surface area contributed by atoms with Crippen LogP contribution in [0.3, 0.4) is 0 Å². The van der Waals surface area contributed by atoms with Crippen LogP contribution in [-0.4, -0.2) is 7.11 Å². The smallest absolute Gasteiger partial charge is 0.205 e. The predicted molar refractivity (Wildman–Crippen MR) is 74.2 cm³/mol. The monoisotopic (exact) mass is 385 g/mol. The van der Waals surface area contributed by atoms with Gasteiger partial charge in [-0.15, -0.1) is 0 Å². The predicted octanol–water partition coefficient (Wildman–Crippen LogP) is 0.142. The standard InChI is InChI=1S/C16H17FNO.HI/c1-12-8-9-18(2)14(10-12)6-4-13-5-7-16(19-3)15(17)11-13;/h4-11H,1-3H3;1H/q+1;/p-1/b6-4+;. The number of nitrogens with zero attached hydrogens (tertiary/aromatic N) is 1. The number of pyridine rings is 1. The zero-order valence-electron chi connectivity index (χ0n) is 11.7. The molecule has 0 unspecified atom stereocenters. The summed E-state index contributed by atoms with van der Waals surface area (Å²) < 4.78 is 20.5. The van der Waals surface area contributed by atoms with E-state index in [0.717, 1.165) is 11.3 Å². The van der Waals surface area contributed by atoms with Gasteiger partial charge in [-0.3, -0.25) is 0 Å². The first-order chi connectivity index (χ1) is 9.10. The van der Waals surface area contributed by atoms with Gasteiger partial charge in [-0.1, -0.05) is 6.07 Å². The summed E-state index contributed by atoms with van der Waals surface area (Å²) in [6.07, 6.45) is 5.86. The van der Waals surface area contributed by atoms with Crippen molar-refractivity contribution in [3.8, 4) is 5.75 Å². The summed E-state index contributed by atoms with van der Waals surface area (Å²) in [5.41, 5.74) is 3.06. The Morgan fingerprint density at radius 1 is 1.15 bits per heavy atom. The molecule has 0 aliphatic heterocycles. The first-order valence-corrected chi connectivity index (χ1v) is 6.08. The third-order valence-electron chi connectivity index (χ3n) is 2.97. The van der Waals surface area contributed by atoms with Crippen LogP contribution < -0.4 is 33.3 Å². The minimum atomic E-state index is -0.349. The highest BCUT2D eigenvalue weighted by Gasteiger charge is 2.04. The highest BCUT2D eigenvalue weighted by Crippen LogP contribution is 2.18. The third kappa shape index (κ3) is 4.03. The molecule has 1 aromatic heterocycles. The summed E-state index contributed by atoms with van der Waals surface area (Å²) >= 11 is 0. The quantitative estimate of drug-likeness (QED) is 0.542. The molecule has 2 nitrogen and oxygen atoms in total. The van der Waals surface area contributed by atoms with Crippen LogP contribution in [0.25, 0.3) is 12.2 Å². The normalized spacial score (nSPS) is 10.4. The average Bonchev–Trinajstić information content (AvgIpc) is 2.40. The van der Waals surface area contributed by atoms with E-state index in [1.165, 1.54) is 18.7 Å². The van der Waals surface area contributed by atoms with Crippen LogP contribution in [0.15, 0.2) is 36.5 Å². The Morgan fingerprint density at radius 3 is 2.55 bits per heavy atom. The maximum atomic E-state index is 13.6. The Bertz CT molecular complexity index is 626. The lowest BCUT2D eigenvalue weighted by atomic mass is 10.1. The Kier molecular flexibility index (Phi) is 6.13. The van der Waals surface area contributed by atoms with Crippen molar-refractivity contribution in [2.24, 2.45) is 7.05 Å². The zero-order valence-corrected chi connectivity index (χ0v) is 13.9. The number of methoxy groups -OCH3 is 1. The summed E-state index contributed by atoms with van der Waals surface area (Å²) in [5.74, 6) is -0.0865. The van der Waals surface area contributed by atoms with Crippen LogP contribution in [0.4, 0.5) is 4.39 Å². The lowest BCUT2D eigenvalue weighted by Crippen LogP contribution is -3.00.